The zero-order valence-corrected chi connectivity index (χ0v) is 14.7. The number of carbonyl (C=O) groups excluding carboxylic acids is 1. The van der Waals surface area contributed by atoms with Gasteiger partial charge < -0.3 is 9.64 Å². The fourth-order valence-electron chi connectivity index (χ4n) is 3.78. The van der Waals surface area contributed by atoms with Crippen LogP contribution in [0.5, 0.6) is 0 Å². The average Bonchev–Trinajstić information content (AvgIpc) is 2.47. The Morgan fingerprint density at radius 2 is 1.86 bits per heavy atom. The summed E-state index contributed by atoms with van der Waals surface area (Å²) in [5.74, 6) is 0.0591. The lowest BCUT2D eigenvalue weighted by Gasteiger charge is -2.52. The molecular formula is C15H28N2O4S. The highest BCUT2D eigenvalue weighted by Crippen LogP contribution is 2.37. The Balaban J connectivity index is 2.19. The third-order valence-electron chi connectivity index (χ3n) is 5.02. The normalized spacial score (nSPS) is 24.4. The molecule has 0 radical (unpaired) electrons. The van der Waals surface area contributed by atoms with E-state index in [0.29, 0.717) is 19.6 Å². The molecule has 1 amide bonds. The second-order valence-electron chi connectivity index (χ2n) is 6.61. The molecule has 2 fully saturated rings. The Bertz CT molecular complexity index is 500. The third-order valence-corrected chi connectivity index (χ3v) is 7.01. The largest absolute Gasteiger partial charge is 0.381 e. The van der Waals surface area contributed by atoms with Crippen LogP contribution in [0.4, 0.5) is 0 Å². The highest BCUT2D eigenvalue weighted by atomic mass is 32.2. The molecule has 22 heavy (non-hydrogen) atoms. The molecule has 2 rings (SSSR count). The van der Waals surface area contributed by atoms with Gasteiger partial charge >= 0.3 is 0 Å². The molecule has 6 nitrogen and oxygen atoms in total. The van der Waals surface area contributed by atoms with Crippen LogP contribution in [0.2, 0.25) is 0 Å². The van der Waals surface area contributed by atoms with E-state index in [2.05, 4.69) is 0 Å². The number of carbonyl (C=O) groups is 1. The zero-order valence-electron chi connectivity index (χ0n) is 13.9. The van der Waals surface area contributed by atoms with Gasteiger partial charge in [-0.05, 0) is 19.8 Å². The van der Waals surface area contributed by atoms with Crippen LogP contribution < -0.4 is 0 Å². The Kier molecular flexibility index (Phi) is 5.50. The highest BCUT2D eigenvalue weighted by Gasteiger charge is 2.46. The van der Waals surface area contributed by atoms with Crippen molar-refractivity contribution < 1.29 is 17.9 Å². The summed E-state index contributed by atoms with van der Waals surface area (Å²) in [5.41, 5.74) is -0.300. The lowest BCUT2D eigenvalue weighted by atomic mass is 9.79. The standard InChI is InChI=1S/C15H28N2O4S/c1-13(21-3)11-22(19,20)16-9-10-17(14(2)18)15(12-16)7-5-4-6-8-15/h13H,4-12H2,1-3H3/t13-/m1/s1. The van der Waals surface area contributed by atoms with Crippen molar-refractivity contribution in [2.75, 3.05) is 32.5 Å². The van der Waals surface area contributed by atoms with Gasteiger partial charge in [0, 0.05) is 33.7 Å². The molecule has 128 valence electrons. The molecule has 1 spiro atoms. The summed E-state index contributed by atoms with van der Waals surface area (Å²) < 4.78 is 31.9. The molecular weight excluding hydrogens is 304 g/mol. The van der Waals surface area contributed by atoms with Crippen LogP contribution in [0.25, 0.3) is 0 Å². The maximum Gasteiger partial charge on any atom is 0.219 e. The smallest absolute Gasteiger partial charge is 0.219 e. The molecule has 1 saturated carbocycles. The van der Waals surface area contributed by atoms with Gasteiger partial charge in [-0.25, -0.2) is 8.42 Å². The quantitative estimate of drug-likeness (QED) is 0.776. The predicted octanol–water partition coefficient (Wildman–Crippen LogP) is 1.22. The summed E-state index contributed by atoms with van der Waals surface area (Å²) in [6.45, 7) is 4.68. The Labute approximate surface area is 133 Å². The van der Waals surface area contributed by atoms with E-state index in [1.54, 1.807) is 18.2 Å². The number of hydrogen-bond acceptors (Lipinski definition) is 4. The van der Waals surface area contributed by atoms with Crippen LogP contribution in [0.15, 0.2) is 0 Å². The molecule has 0 bridgehead atoms. The van der Waals surface area contributed by atoms with Crippen molar-refractivity contribution in [3.63, 3.8) is 0 Å². The van der Waals surface area contributed by atoms with Crippen LogP contribution >= 0.6 is 0 Å². The van der Waals surface area contributed by atoms with Crippen molar-refractivity contribution in [3.8, 4) is 0 Å². The number of piperazine rings is 1. The molecule has 0 unspecified atom stereocenters. The molecule has 0 N–H and O–H groups in total. The molecule has 1 aliphatic heterocycles. The molecule has 1 aliphatic carbocycles. The van der Waals surface area contributed by atoms with E-state index in [1.807, 2.05) is 4.90 Å². The number of nitrogens with zero attached hydrogens (tertiary/aromatic N) is 2. The average molecular weight is 332 g/mol. The molecule has 1 saturated heterocycles. The Morgan fingerprint density at radius 1 is 1.23 bits per heavy atom. The predicted molar refractivity (Wildman–Crippen MR) is 85.0 cm³/mol. The molecule has 1 atom stereocenters. The number of hydrogen-bond donors (Lipinski definition) is 0. The first-order chi connectivity index (χ1) is 10.3. The Hall–Kier alpha value is -0.660. The van der Waals surface area contributed by atoms with Gasteiger partial charge in [0.15, 0.2) is 0 Å². The second kappa shape index (κ2) is 6.84. The van der Waals surface area contributed by atoms with Crippen molar-refractivity contribution in [2.24, 2.45) is 0 Å². The first-order valence-corrected chi connectivity index (χ1v) is 9.70. The fourth-order valence-corrected chi connectivity index (χ4v) is 5.52. The van der Waals surface area contributed by atoms with E-state index < -0.39 is 10.0 Å². The molecule has 0 aromatic rings. The van der Waals surface area contributed by atoms with E-state index in [-0.39, 0.29) is 23.3 Å². The lowest BCUT2D eigenvalue weighted by Crippen LogP contribution is -2.65. The number of amides is 1. The molecule has 2 aliphatic rings. The minimum Gasteiger partial charge on any atom is -0.381 e. The number of sulfonamides is 1. The maximum atomic E-state index is 12.6. The van der Waals surface area contributed by atoms with Crippen molar-refractivity contribution in [1.82, 2.24) is 9.21 Å². The van der Waals surface area contributed by atoms with Crippen LogP contribution in [-0.4, -0.2) is 67.7 Å². The van der Waals surface area contributed by atoms with E-state index in [1.165, 1.54) is 13.5 Å². The van der Waals surface area contributed by atoms with Crippen LogP contribution in [-0.2, 0) is 19.6 Å². The third kappa shape index (κ3) is 3.63. The summed E-state index contributed by atoms with van der Waals surface area (Å²) in [6.07, 6.45) is 4.77. The molecule has 1 heterocycles. The first kappa shape index (κ1) is 17.7. The summed E-state index contributed by atoms with van der Waals surface area (Å²) in [5, 5.41) is 0. The maximum absolute atomic E-state index is 12.6. The monoisotopic (exact) mass is 332 g/mol. The van der Waals surface area contributed by atoms with Gasteiger partial charge in [-0.15, -0.1) is 0 Å². The van der Waals surface area contributed by atoms with Gasteiger partial charge in [-0.3, -0.25) is 4.79 Å². The summed E-state index contributed by atoms with van der Waals surface area (Å²) >= 11 is 0. The van der Waals surface area contributed by atoms with Crippen LogP contribution in [0.3, 0.4) is 0 Å². The van der Waals surface area contributed by atoms with Crippen molar-refractivity contribution in [2.45, 2.75) is 57.6 Å². The van der Waals surface area contributed by atoms with Gasteiger partial charge in [0.2, 0.25) is 15.9 Å². The highest BCUT2D eigenvalue weighted by molar-refractivity contribution is 7.89. The van der Waals surface area contributed by atoms with Gasteiger partial charge in [0.1, 0.15) is 0 Å². The van der Waals surface area contributed by atoms with Gasteiger partial charge in [-0.1, -0.05) is 19.3 Å². The molecule has 0 aromatic carbocycles. The SMILES string of the molecule is CO[C@H](C)CS(=O)(=O)N1CCN(C(C)=O)C2(CCCCC2)C1. The Morgan fingerprint density at radius 3 is 2.41 bits per heavy atom. The number of ether oxygens (including phenoxy) is 1. The van der Waals surface area contributed by atoms with E-state index in [4.69, 9.17) is 4.74 Å². The number of methoxy groups -OCH3 is 1. The minimum atomic E-state index is -3.35. The van der Waals surface area contributed by atoms with E-state index in [0.717, 1.165) is 25.7 Å². The van der Waals surface area contributed by atoms with Crippen molar-refractivity contribution in [1.29, 1.82) is 0 Å². The summed E-state index contributed by atoms with van der Waals surface area (Å²) in [4.78, 5) is 13.9. The number of rotatable bonds is 4. The lowest BCUT2D eigenvalue weighted by molar-refractivity contribution is -0.140. The van der Waals surface area contributed by atoms with Crippen molar-refractivity contribution >= 4 is 15.9 Å². The summed E-state index contributed by atoms with van der Waals surface area (Å²) in [7, 11) is -1.82. The van der Waals surface area contributed by atoms with E-state index in [9.17, 15) is 13.2 Å². The fraction of sp³-hybridized carbons (Fsp3) is 0.933. The first-order valence-electron chi connectivity index (χ1n) is 8.09. The van der Waals surface area contributed by atoms with Gasteiger partial charge in [0.05, 0.1) is 17.4 Å². The van der Waals surface area contributed by atoms with Crippen LogP contribution in [0, 0.1) is 0 Å². The second-order valence-corrected chi connectivity index (χ2v) is 8.63. The molecule has 0 aromatic heterocycles. The van der Waals surface area contributed by atoms with Gasteiger partial charge in [0.25, 0.3) is 0 Å². The topological polar surface area (TPSA) is 66.9 Å². The minimum absolute atomic E-state index is 0.000346. The molecule has 7 heteroatoms. The summed E-state index contributed by atoms with van der Waals surface area (Å²) in [6, 6.07) is 0. The van der Waals surface area contributed by atoms with Crippen LogP contribution in [0.1, 0.15) is 46.0 Å². The zero-order chi connectivity index (χ0) is 16.4. The van der Waals surface area contributed by atoms with Crippen molar-refractivity contribution in [3.05, 3.63) is 0 Å². The van der Waals surface area contributed by atoms with Gasteiger partial charge in [-0.2, -0.15) is 4.31 Å². The van der Waals surface area contributed by atoms with E-state index >= 15 is 0 Å².